The minimum absolute atomic E-state index is 0.0514. The first kappa shape index (κ1) is 7.78. The van der Waals surface area contributed by atoms with E-state index < -0.39 is 0 Å². The molecular weight excluding hydrogens is 144 g/mol. The number of carbonyl (C=O) groups is 2. The number of amides is 2. The minimum Gasteiger partial charge on any atom is -0.335 e. The van der Waals surface area contributed by atoms with Gasteiger partial charge in [-0.15, -0.1) is 0 Å². The number of carbonyl (C=O) groups excluding carboxylic acids is 2. The van der Waals surface area contributed by atoms with Gasteiger partial charge in [0.05, 0.1) is 6.54 Å². The number of rotatable bonds is 1. The van der Waals surface area contributed by atoms with Crippen LogP contribution in [0.3, 0.4) is 0 Å². The second-order valence-corrected chi connectivity index (χ2v) is 2.45. The molecule has 0 aromatic heterocycles. The summed E-state index contributed by atoms with van der Waals surface area (Å²) >= 11 is 0. The lowest BCUT2D eigenvalue weighted by Gasteiger charge is -2.28. The first-order valence-corrected chi connectivity index (χ1v) is 3.31. The fourth-order valence-electron chi connectivity index (χ4n) is 0.903. The molecule has 0 aromatic rings. The number of nitrogens with zero attached hydrogens (tertiary/aromatic N) is 2. The molecular formula is C7H10N2O2. The zero-order valence-electron chi connectivity index (χ0n) is 6.41. The van der Waals surface area contributed by atoms with Crippen molar-refractivity contribution in [2.24, 2.45) is 0 Å². The molecule has 60 valence electrons. The van der Waals surface area contributed by atoms with Crippen LogP contribution >= 0.6 is 0 Å². The Morgan fingerprint density at radius 1 is 1.36 bits per heavy atom. The molecule has 1 rings (SSSR count). The number of piperazine rings is 1. The fraction of sp³-hybridized carbons (Fsp3) is 0.429. The van der Waals surface area contributed by atoms with Crippen LogP contribution < -0.4 is 0 Å². The molecule has 2 amide bonds. The lowest BCUT2D eigenvalue weighted by molar-refractivity contribution is -0.146. The molecule has 1 saturated heterocycles. The van der Waals surface area contributed by atoms with Gasteiger partial charge in [-0.2, -0.15) is 0 Å². The predicted molar refractivity (Wildman–Crippen MR) is 39.5 cm³/mol. The molecule has 0 atom stereocenters. The van der Waals surface area contributed by atoms with E-state index in [1.54, 1.807) is 7.05 Å². The molecule has 0 bridgehead atoms. The van der Waals surface area contributed by atoms with Crippen LogP contribution in [0.5, 0.6) is 0 Å². The van der Waals surface area contributed by atoms with Gasteiger partial charge in [-0.3, -0.25) is 9.59 Å². The molecule has 1 aliphatic rings. The van der Waals surface area contributed by atoms with Crippen LogP contribution in [-0.2, 0) is 9.59 Å². The van der Waals surface area contributed by atoms with E-state index >= 15 is 0 Å². The summed E-state index contributed by atoms with van der Waals surface area (Å²) in [6, 6.07) is 0. The Bertz CT molecular complexity index is 212. The van der Waals surface area contributed by atoms with E-state index in [0.717, 1.165) is 0 Å². The van der Waals surface area contributed by atoms with Crippen LogP contribution in [0.15, 0.2) is 12.8 Å². The monoisotopic (exact) mass is 154 g/mol. The maximum atomic E-state index is 11.0. The van der Waals surface area contributed by atoms with Crippen molar-refractivity contribution in [1.82, 2.24) is 9.80 Å². The lowest BCUT2D eigenvalue weighted by atomic mass is 10.3. The second kappa shape index (κ2) is 2.74. The average molecular weight is 154 g/mol. The van der Waals surface area contributed by atoms with Gasteiger partial charge < -0.3 is 9.80 Å². The van der Waals surface area contributed by atoms with Crippen molar-refractivity contribution in [2.45, 2.75) is 0 Å². The zero-order chi connectivity index (χ0) is 8.43. The molecule has 0 unspecified atom stereocenters. The summed E-state index contributed by atoms with van der Waals surface area (Å²) in [5.41, 5.74) is 0. The van der Waals surface area contributed by atoms with E-state index in [2.05, 4.69) is 6.58 Å². The number of hydrogen-bond donors (Lipinski definition) is 0. The van der Waals surface area contributed by atoms with Crippen molar-refractivity contribution in [3.8, 4) is 0 Å². The van der Waals surface area contributed by atoms with Gasteiger partial charge in [0.15, 0.2) is 0 Å². The molecule has 1 aliphatic heterocycles. The topological polar surface area (TPSA) is 40.6 Å². The van der Waals surface area contributed by atoms with Gasteiger partial charge in [-0.1, -0.05) is 6.58 Å². The molecule has 11 heavy (non-hydrogen) atoms. The van der Waals surface area contributed by atoms with Gasteiger partial charge in [-0.05, 0) is 0 Å². The molecule has 1 heterocycles. The molecule has 4 heteroatoms. The zero-order valence-corrected chi connectivity index (χ0v) is 6.41. The molecule has 0 saturated carbocycles. The van der Waals surface area contributed by atoms with Crippen LogP contribution in [0.2, 0.25) is 0 Å². The Kier molecular flexibility index (Phi) is 1.94. The summed E-state index contributed by atoms with van der Waals surface area (Å²) in [4.78, 5) is 24.8. The molecule has 4 nitrogen and oxygen atoms in total. The van der Waals surface area contributed by atoms with Crippen molar-refractivity contribution in [3.05, 3.63) is 12.8 Å². The predicted octanol–water partition coefficient (Wildman–Crippen LogP) is -0.570. The highest BCUT2D eigenvalue weighted by Crippen LogP contribution is 2.01. The molecule has 0 N–H and O–H groups in total. The van der Waals surface area contributed by atoms with Crippen molar-refractivity contribution in [1.29, 1.82) is 0 Å². The van der Waals surface area contributed by atoms with Gasteiger partial charge in [0.2, 0.25) is 11.8 Å². The van der Waals surface area contributed by atoms with Crippen molar-refractivity contribution >= 4 is 11.8 Å². The van der Waals surface area contributed by atoms with E-state index in [1.807, 2.05) is 0 Å². The molecule has 0 aliphatic carbocycles. The van der Waals surface area contributed by atoms with Gasteiger partial charge >= 0.3 is 0 Å². The summed E-state index contributed by atoms with van der Waals surface area (Å²) < 4.78 is 0. The molecule has 0 aromatic carbocycles. The summed E-state index contributed by atoms with van der Waals surface area (Å²) in [5.74, 6) is -0.133. The summed E-state index contributed by atoms with van der Waals surface area (Å²) in [6.07, 6.45) is 1.38. The van der Waals surface area contributed by atoms with E-state index in [4.69, 9.17) is 0 Å². The smallest absolute Gasteiger partial charge is 0.246 e. The lowest BCUT2D eigenvalue weighted by Crippen LogP contribution is -2.49. The first-order valence-electron chi connectivity index (χ1n) is 3.31. The summed E-state index contributed by atoms with van der Waals surface area (Å²) in [6.45, 7) is 3.71. The number of hydrogen-bond acceptors (Lipinski definition) is 2. The Balaban J connectivity index is 2.69. The fourth-order valence-corrected chi connectivity index (χ4v) is 0.903. The summed E-state index contributed by atoms with van der Waals surface area (Å²) in [7, 11) is 1.61. The van der Waals surface area contributed by atoms with Crippen LogP contribution in [-0.4, -0.2) is 41.8 Å². The maximum absolute atomic E-state index is 11.0. The Morgan fingerprint density at radius 3 is 2.55 bits per heavy atom. The number of likely N-dealkylation sites (N-methyl/N-ethyl adjacent to an activating group) is 1. The van der Waals surface area contributed by atoms with E-state index in [1.165, 1.54) is 16.0 Å². The molecule has 1 fully saturated rings. The average Bonchev–Trinajstić information content (AvgIpc) is 1.97. The van der Waals surface area contributed by atoms with Crippen LogP contribution in [0.4, 0.5) is 0 Å². The van der Waals surface area contributed by atoms with Crippen molar-refractivity contribution < 1.29 is 9.59 Å². The van der Waals surface area contributed by atoms with E-state index in [0.29, 0.717) is 0 Å². The second-order valence-electron chi connectivity index (χ2n) is 2.45. The summed E-state index contributed by atoms with van der Waals surface area (Å²) in [5, 5.41) is 0. The minimum atomic E-state index is -0.0814. The van der Waals surface area contributed by atoms with Crippen LogP contribution in [0, 0.1) is 0 Å². The van der Waals surface area contributed by atoms with Crippen molar-refractivity contribution in [3.63, 3.8) is 0 Å². The third-order valence-electron chi connectivity index (χ3n) is 1.64. The quantitative estimate of drug-likeness (QED) is 0.507. The highest BCUT2D eigenvalue weighted by molar-refractivity contribution is 5.92. The third-order valence-corrected chi connectivity index (χ3v) is 1.64. The van der Waals surface area contributed by atoms with Gasteiger partial charge in [0.1, 0.15) is 6.54 Å². The van der Waals surface area contributed by atoms with E-state index in [9.17, 15) is 9.59 Å². The molecule has 0 spiro atoms. The van der Waals surface area contributed by atoms with Crippen molar-refractivity contribution in [2.75, 3.05) is 20.1 Å². The Morgan fingerprint density at radius 2 is 2.00 bits per heavy atom. The normalized spacial score (nSPS) is 19.0. The molecule has 0 radical (unpaired) electrons. The van der Waals surface area contributed by atoms with E-state index in [-0.39, 0.29) is 24.9 Å². The third kappa shape index (κ3) is 1.39. The van der Waals surface area contributed by atoms with Gasteiger partial charge in [0, 0.05) is 13.2 Å². The van der Waals surface area contributed by atoms with Gasteiger partial charge in [0.25, 0.3) is 0 Å². The van der Waals surface area contributed by atoms with Crippen LogP contribution in [0.25, 0.3) is 0 Å². The van der Waals surface area contributed by atoms with Crippen LogP contribution in [0.1, 0.15) is 0 Å². The highest BCUT2D eigenvalue weighted by Gasteiger charge is 2.25. The Hall–Kier alpha value is -1.32. The van der Waals surface area contributed by atoms with Gasteiger partial charge in [-0.25, -0.2) is 0 Å². The standard InChI is InChI=1S/C7H10N2O2/c1-3-9-5-6(10)8(2)4-7(9)11/h3H,1,4-5H2,2H3. The highest BCUT2D eigenvalue weighted by atomic mass is 16.2. The first-order chi connectivity index (χ1) is 5.15. The Labute approximate surface area is 65.1 Å². The largest absolute Gasteiger partial charge is 0.335 e. The SMILES string of the molecule is C=CN1CC(=O)N(C)CC1=O. The maximum Gasteiger partial charge on any atom is 0.246 e.